The fourth-order valence-corrected chi connectivity index (χ4v) is 10.3. The molecule has 6 aromatic carbocycles. The maximum absolute atomic E-state index is 5.18. The topological polar surface area (TPSA) is 50.7 Å². The van der Waals surface area contributed by atoms with Crippen LogP contribution in [0.1, 0.15) is 10.9 Å². The molecule has 1 unspecified atom stereocenters. The summed E-state index contributed by atoms with van der Waals surface area (Å²) in [6.45, 7) is 0. The summed E-state index contributed by atoms with van der Waals surface area (Å²) in [6, 6.07) is 47.1. The van der Waals surface area contributed by atoms with E-state index in [1.54, 1.807) is 0 Å². The Bertz CT molecular complexity index is 2630. The van der Waals surface area contributed by atoms with Crippen LogP contribution in [-0.4, -0.2) is 15.0 Å². The number of aromatic nitrogens is 3. The van der Waals surface area contributed by atoms with Crippen LogP contribution in [0.4, 0.5) is 5.69 Å². The summed E-state index contributed by atoms with van der Waals surface area (Å²) in [5.41, 5.74) is 5.47. The first-order valence-corrected chi connectivity index (χ1v) is 18.0. The van der Waals surface area contributed by atoms with E-state index in [9.17, 15) is 0 Å². The fourth-order valence-electron chi connectivity index (χ4n) is 6.56. The molecule has 1 N–H and O–H groups in total. The van der Waals surface area contributed by atoms with Crippen molar-refractivity contribution < 1.29 is 0 Å². The molecule has 1 atom stereocenters. The number of thioether (sulfide) groups is 1. The second-order valence-corrected chi connectivity index (χ2v) is 14.9. The van der Waals surface area contributed by atoms with Gasteiger partial charge in [0.25, 0.3) is 0 Å². The van der Waals surface area contributed by atoms with Crippen molar-refractivity contribution >= 4 is 80.5 Å². The van der Waals surface area contributed by atoms with Gasteiger partial charge in [-0.1, -0.05) is 115 Å². The van der Waals surface area contributed by atoms with Gasteiger partial charge in [0.15, 0.2) is 17.5 Å². The lowest BCUT2D eigenvalue weighted by Crippen LogP contribution is -2.00. The zero-order chi connectivity index (χ0) is 30.9. The smallest absolute Gasteiger partial charge is 0.165 e. The molecule has 0 aliphatic carbocycles. The number of rotatable bonds is 4. The molecular formula is C40H24N4S3. The van der Waals surface area contributed by atoms with E-state index >= 15 is 0 Å². The van der Waals surface area contributed by atoms with Gasteiger partial charge in [0.1, 0.15) is 5.37 Å². The third kappa shape index (κ3) is 4.46. The van der Waals surface area contributed by atoms with Crippen molar-refractivity contribution in [2.45, 2.75) is 10.3 Å². The summed E-state index contributed by atoms with van der Waals surface area (Å²) < 4.78 is 4.99. The Morgan fingerprint density at radius 3 is 2.09 bits per heavy atom. The minimum absolute atomic E-state index is 0.157. The third-order valence-electron chi connectivity index (χ3n) is 8.80. The van der Waals surface area contributed by atoms with E-state index in [1.165, 1.54) is 56.5 Å². The summed E-state index contributed by atoms with van der Waals surface area (Å²) in [5, 5.41) is 8.93. The normalized spacial score (nSPS) is 14.3. The molecule has 10 rings (SSSR count). The van der Waals surface area contributed by atoms with E-state index in [1.807, 2.05) is 52.6 Å². The van der Waals surface area contributed by atoms with E-state index in [0.717, 1.165) is 16.7 Å². The summed E-state index contributed by atoms with van der Waals surface area (Å²) in [4.78, 5) is 16.6. The van der Waals surface area contributed by atoms with Crippen LogP contribution < -0.4 is 5.32 Å². The van der Waals surface area contributed by atoms with Gasteiger partial charge in [-0.25, -0.2) is 15.0 Å². The van der Waals surface area contributed by atoms with Crippen molar-refractivity contribution in [1.82, 2.24) is 15.0 Å². The maximum Gasteiger partial charge on any atom is 0.165 e. The van der Waals surface area contributed by atoms with Gasteiger partial charge >= 0.3 is 0 Å². The summed E-state index contributed by atoms with van der Waals surface area (Å²) in [7, 11) is 0. The van der Waals surface area contributed by atoms with Crippen LogP contribution in [0.25, 0.3) is 74.5 Å². The predicted octanol–water partition coefficient (Wildman–Crippen LogP) is 11.8. The highest BCUT2D eigenvalue weighted by atomic mass is 32.2. The van der Waals surface area contributed by atoms with Gasteiger partial charge in [0.05, 0.1) is 0 Å². The Hall–Kier alpha value is -5.08. The Kier molecular flexibility index (Phi) is 6.19. The molecular weight excluding hydrogens is 633 g/mol. The second kappa shape index (κ2) is 10.7. The van der Waals surface area contributed by atoms with E-state index in [0.29, 0.717) is 17.5 Å². The number of fused-ring (bicyclic) bond motifs is 7. The molecule has 0 bridgehead atoms. The van der Waals surface area contributed by atoms with Crippen molar-refractivity contribution in [2.75, 3.05) is 5.32 Å². The van der Waals surface area contributed by atoms with E-state index in [2.05, 4.69) is 121 Å². The molecule has 4 nitrogen and oxygen atoms in total. The molecule has 4 heterocycles. The molecule has 0 spiro atoms. The summed E-state index contributed by atoms with van der Waals surface area (Å²) >= 11 is 5.52. The number of anilines is 1. The predicted molar refractivity (Wildman–Crippen MR) is 201 cm³/mol. The molecule has 222 valence electrons. The quantitative estimate of drug-likeness (QED) is 0.204. The van der Waals surface area contributed by atoms with Crippen LogP contribution in [-0.2, 0) is 0 Å². The molecule has 0 fully saturated rings. The number of benzene rings is 6. The van der Waals surface area contributed by atoms with Crippen LogP contribution in [0.2, 0.25) is 0 Å². The largest absolute Gasteiger partial charge is 0.368 e. The van der Waals surface area contributed by atoms with Gasteiger partial charge in [-0.2, -0.15) is 0 Å². The molecule has 1 aliphatic rings. The first kappa shape index (κ1) is 27.1. The number of para-hydroxylation sites is 1. The number of nitrogens with one attached hydrogen (secondary N) is 1. The molecule has 0 saturated carbocycles. The first-order valence-electron chi connectivity index (χ1n) is 15.5. The zero-order valence-corrected chi connectivity index (χ0v) is 27.3. The van der Waals surface area contributed by atoms with Gasteiger partial charge in [0, 0.05) is 73.2 Å². The van der Waals surface area contributed by atoms with E-state index in [-0.39, 0.29) is 5.37 Å². The monoisotopic (exact) mass is 656 g/mol. The van der Waals surface area contributed by atoms with Gasteiger partial charge in [0.2, 0.25) is 0 Å². The van der Waals surface area contributed by atoms with Gasteiger partial charge in [-0.05, 0) is 30.3 Å². The highest BCUT2D eigenvalue weighted by Gasteiger charge is 2.26. The average molecular weight is 657 g/mol. The van der Waals surface area contributed by atoms with Crippen molar-refractivity contribution in [3.05, 3.63) is 139 Å². The van der Waals surface area contributed by atoms with Crippen molar-refractivity contribution in [3.63, 3.8) is 0 Å². The Balaban J connectivity index is 1.15. The lowest BCUT2D eigenvalue weighted by Gasteiger charge is -2.11. The second-order valence-electron chi connectivity index (χ2n) is 11.6. The standard InChI is InChI=1S/C40H24N4S3/c1-2-10-23(11-3-1)37-42-38(24-20-21-26-25-12-4-6-18-32(25)45-34(26)22-24)44-39(43-37)29-15-8-13-27-28-14-9-16-30(36(28)47-35(27)29)40-41-31-17-5-7-19-33(31)46-40/h1-22,40-41H. The molecule has 7 heteroatoms. The lowest BCUT2D eigenvalue weighted by molar-refractivity contribution is 1.08. The van der Waals surface area contributed by atoms with Crippen molar-refractivity contribution in [2.24, 2.45) is 0 Å². The molecule has 3 aromatic heterocycles. The minimum Gasteiger partial charge on any atom is -0.368 e. The Labute approximate surface area is 282 Å². The Morgan fingerprint density at radius 1 is 0.489 bits per heavy atom. The molecule has 0 saturated heterocycles. The summed E-state index contributed by atoms with van der Waals surface area (Å²) in [5.74, 6) is 2.03. The maximum atomic E-state index is 5.18. The highest BCUT2D eigenvalue weighted by Crippen LogP contribution is 2.50. The molecule has 1 aliphatic heterocycles. The SMILES string of the molecule is c1ccc(-c2nc(-c3ccc4c(c3)sc3ccccc34)nc(-c3cccc4c3sc3c(C5Nc6ccccc6S5)cccc34)n2)cc1. The molecule has 47 heavy (non-hydrogen) atoms. The average Bonchev–Trinajstić information content (AvgIpc) is 3.84. The Morgan fingerprint density at radius 2 is 1.19 bits per heavy atom. The van der Waals surface area contributed by atoms with Crippen LogP contribution in [0.5, 0.6) is 0 Å². The molecule has 9 aromatic rings. The third-order valence-corrected chi connectivity index (χ3v) is 12.5. The fraction of sp³-hybridized carbons (Fsp3) is 0.0250. The van der Waals surface area contributed by atoms with Gasteiger partial charge in [-0.15, -0.1) is 22.7 Å². The number of nitrogens with zero attached hydrogens (tertiary/aromatic N) is 3. The van der Waals surface area contributed by atoms with Crippen LogP contribution in [0, 0.1) is 0 Å². The lowest BCUT2D eigenvalue weighted by atomic mass is 10.1. The van der Waals surface area contributed by atoms with Crippen LogP contribution >= 0.6 is 34.4 Å². The number of thiophene rings is 2. The highest BCUT2D eigenvalue weighted by molar-refractivity contribution is 8.00. The minimum atomic E-state index is 0.157. The number of hydrogen-bond donors (Lipinski definition) is 1. The van der Waals surface area contributed by atoms with Crippen molar-refractivity contribution in [1.29, 1.82) is 0 Å². The first-order chi connectivity index (χ1) is 23.3. The van der Waals surface area contributed by atoms with Crippen LogP contribution in [0.3, 0.4) is 0 Å². The number of hydrogen-bond acceptors (Lipinski definition) is 7. The van der Waals surface area contributed by atoms with Crippen LogP contribution in [0.15, 0.2) is 138 Å². The van der Waals surface area contributed by atoms with E-state index in [4.69, 9.17) is 15.0 Å². The van der Waals surface area contributed by atoms with Crippen molar-refractivity contribution in [3.8, 4) is 34.2 Å². The molecule has 0 radical (unpaired) electrons. The summed E-state index contributed by atoms with van der Waals surface area (Å²) in [6.07, 6.45) is 0. The van der Waals surface area contributed by atoms with Gasteiger partial charge in [-0.3, -0.25) is 0 Å². The van der Waals surface area contributed by atoms with E-state index < -0.39 is 0 Å². The molecule has 0 amide bonds. The van der Waals surface area contributed by atoms with Gasteiger partial charge < -0.3 is 5.32 Å². The zero-order valence-electron chi connectivity index (χ0n) is 24.8.